The van der Waals surface area contributed by atoms with E-state index in [-0.39, 0.29) is 17.0 Å². The first-order valence-electron chi connectivity index (χ1n) is 9.03. The zero-order valence-corrected chi connectivity index (χ0v) is 17.3. The summed E-state index contributed by atoms with van der Waals surface area (Å²) in [5.41, 5.74) is 2.31. The molecule has 30 heavy (non-hydrogen) atoms. The fourth-order valence-corrected chi connectivity index (χ4v) is 3.60. The average molecular weight is 469 g/mol. The van der Waals surface area contributed by atoms with Gasteiger partial charge in [-0.05, 0) is 42.8 Å². The van der Waals surface area contributed by atoms with Gasteiger partial charge < -0.3 is 5.32 Å². The molecule has 0 spiro atoms. The van der Waals surface area contributed by atoms with Crippen molar-refractivity contribution in [2.45, 2.75) is 6.92 Å². The van der Waals surface area contributed by atoms with E-state index in [1.807, 2.05) is 25.1 Å². The minimum Gasteiger partial charge on any atom is -0.350 e. The van der Waals surface area contributed by atoms with Crippen LogP contribution in [0.25, 0.3) is 5.57 Å². The molecule has 0 bridgehead atoms. The number of nitrogens with one attached hydrogen (secondary N) is 1. The van der Waals surface area contributed by atoms with Gasteiger partial charge in [-0.1, -0.05) is 51.8 Å². The van der Waals surface area contributed by atoms with Crippen molar-refractivity contribution >= 4 is 44.7 Å². The largest absolute Gasteiger partial charge is 0.350 e. The molecule has 0 aromatic heterocycles. The van der Waals surface area contributed by atoms with Crippen molar-refractivity contribution in [2.75, 3.05) is 10.2 Å². The van der Waals surface area contributed by atoms with Gasteiger partial charge in [-0.3, -0.25) is 9.59 Å². The van der Waals surface area contributed by atoms with Crippen LogP contribution in [-0.4, -0.2) is 11.8 Å². The zero-order chi connectivity index (χ0) is 21.4. The molecule has 0 aliphatic carbocycles. The number of amides is 2. The third kappa shape index (κ3) is 3.64. The molecule has 4 nitrogen and oxygen atoms in total. The molecule has 3 aromatic carbocycles. The maximum Gasteiger partial charge on any atom is 0.282 e. The van der Waals surface area contributed by atoms with Crippen LogP contribution in [0.1, 0.15) is 11.1 Å². The Morgan fingerprint density at radius 2 is 1.60 bits per heavy atom. The van der Waals surface area contributed by atoms with Crippen LogP contribution in [0, 0.1) is 18.6 Å². The monoisotopic (exact) mass is 468 g/mol. The van der Waals surface area contributed by atoms with E-state index in [1.54, 1.807) is 30.3 Å². The average Bonchev–Trinajstić information content (AvgIpc) is 2.95. The fourth-order valence-electron chi connectivity index (χ4n) is 3.20. The van der Waals surface area contributed by atoms with Crippen LogP contribution in [-0.2, 0) is 9.59 Å². The summed E-state index contributed by atoms with van der Waals surface area (Å²) in [5, 5.41) is 3.02. The molecule has 0 atom stereocenters. The van der Waals surface area contributed by atoms with E-state index in [4.69, 9.17) is 0 Å². The number of carbonyl (C=O) groups excluding carboxylic acids is 2. The number of anilines is 2. The lowest BCUT2D eigenvalue weighted by atomic mass is 10.0. The summed E-state index contributed by atoms with van der Waals surface area (Å²) in [6.45, 7) is 1.91. The first kappa shape index (κ1) is 20.0. The molecule has 0 unspecified atom stereocenters. The number of carbonyl (C=O) groups is 2. The lowest BCUT2D eigenvalue weighted by molar-refractivity contribution is -0.120. The van der Waals surface area contributed by atoms with E-state index in [0.717, 1.165) is 27.1 Å². The standard InChI is InChI=1S/C23H15BrF2N2O2/c1-13-5-7-14(8-6-13)20-21(27-16-4-2-3-15(24)11-16)23(30)28(22(20)29)17-9-10-18(25)19(26)12-17/h2-12,27H,1H3. The number of imide groups is 1. The Kier molecular flexibility index (Phi) is 5.22. The maximum atomic E-state index is 13.8. The summed E-state index contributed by atoms with van der Waals surface area (Å²) < 4.78 is 27.9. The summed E-state index contributed by atoms with van der Waals surface area (Å²) >= 11 is 3.37. The van der Waals surface area contributed by atoms with Gasteiger partial charge in [0.15, 0.2) is 11.6 Å². The van der Waals surface area contributed by atoms with Gasteiger partial charge in [0.2, 0.25) is 0 Å². The van der Waals surface area contributed by atoms with E-state index in [1.165, 1.54) is 6.07 Å². The van der Waals surface area contributed by atoms with Crippen molar-refractivity contribution in [2.24, 2.45) is 0 Å². The summed E-state index contributed by atoms with van der Waals surface area (Å²) in [4.78, 5) is 27.3. The van der Waals surface area contributed by atoms with Gasteiger partial charge in [-0.15, -0.1) is 0 Å². The van der Waals surface area contributed by atoms with Crippen LogP contribution in [0.4, 0.5) is 20.2 Å². The van der Waals surface area contributed by atoms with Crippen molar-refractivity contribution in [3.63, 3.8) is 0 Å². The van der Waals surface area contributed by atoms with Gasteiger partial charge in [-0.25, -0.2) is 13.7 Å². The molecule has 0 saturated carbocycles. The van der Waals surface area contributed by atoms with E-state index >= 15 is 0 Å². The van der Waals surface area contributed by atoms with Crippen molar-refractivity contribution in [3.8, 4) is 0 Å². The van der Waals surface area contributed by atoms with Crippen LogP contribution in [0.2, 0.25) is 0 Å². The summed E-state index contributed by atoms with van der Waals surface area (Å²) in [6.07, 6.45) is 0. The van der Waals surface area contributed by atoms with Gasteiger partial charge in [0.25, 0.3) is 11.8 Å². The Bertz CT molecular complexity index is 1210. The highest BCUT2D eigenvalue weighted by Crippen LogP contribution is 2.34. The number of hydrogen-bond acceptors (Lipinski definition) is 3. The number of hydrogen-bond donors (Lipinski definition) is 1. The number of halogens is 3. The maximum absolute atomic E-state index is 13.8. The van der Waals surface area contributed by atoms with Crippen LogP contribution in [0.3, 0.4) is 0 Å². The first-order chi connectivity index (χ1) is 14.3. The number of benzene rings is 3. The number of rotatable bonds is 4. The molecule has 7 heteroatoms. The quantitative estimate of drug-likeness (QED) is 0.519. The lowest BCUT2D eigenvalue weighted by Crippen LogP contribution is -2.32. The number of nitrogens with zero attached hydrogens (tertiary/aromatic N) is 1. The number of aryl methyl sites for hydroxylation is 1. The Hall–Kier alpha value is -3.32. The van der Waals surface area contributed by atoms with Crippen LogP contribution in [0.5, 0.6) is 0 Å². The van der Waals surface area contributed by atoms with Gasteiger partial charge in [-0.2, -0.15) is 0 Å². The lowest BCUT2D eigenvalue weighted by Gasteiger charge is -2.15. The third-order valence-corrected chi connectivity index (χ3v) is 5.17. The normalized spacial score (nSPS) is 13.9. The highest BCUT2D eigenvalue weighted by atomic mass is 79.9. The van der Waals surface area contributed by atoms with Crippen molar-refractivity contribution in [1.29, 1.82) is 0 Å². The second-order valence-corrected chi connectivity index (χ2v) is 7.71. The second-order valence-electron chi connectivity index (χ2n) is 6.80. The van der Waals surface area contributed by atoms with E-state index in [9.17, 15) is 18.4 Å². The van der Waals surface area contributed by atoms with Gasteiger partial charge in [0.05, 0.1) is 11.3 Å². The topological polar surface area (TPSA) is 49.4 Å². The predicted molar refractivity (Wildman–Crippen MR) is 115 cm³/mol. The smallest absolute Gasteiger partial charge is 0.282 e. The fraction of sp³-hybridized carbons (Fsp3) is 0.0435. The van der Waals surface area contributed by atoms with Crippen LogP contribution in [0.15, 0.2) is 76.9 Å². The van der Waals surface area contributed by atoms with Crippen molar-refractivity contribution < 1.29 is 18.4 Å². The molecule has 1 aliphatic heterocycles. The van der Waals surface area contributed by atoms with Gasteiger partial charge in [0.1, 0.15) is 5.70 Å². The second kappa shape index (κ2) is 7.84. The molecule has 1 heterocycles. The summed E-state index contributed by atoms with van der Waals surface area (Å²) in [6, 6.07) is 17.2. The molecule has 150 valence electrons. The Balaban J connectivity index is 1.83. The molecular formula is C23H15BrF2N2O2. The molecule has 0 fully saturated rings. The molecule has 1 aliphatic rings. The minimum atomic E-state index is -1.14. The Morgan fingerprint density at radius 1 is 0.867 bits per heavy atom. The first-order valence-corrected chi connectivity index (χ1v) is 9.82. The zero-order valence-electron chi connectivity index (χ0n) is 15.7. The predicted octanol–water partition coefficient (Wildman–Crippen LogP) is 5.43. The summed E-state index contributed by atoms with van der Waals surface area (Å²) in [7, 11) is 0. The molecule has 1 N–H and O–H groups in total. The molecule has 0 radical (unpaired) electrons. The Morgan fingerprint density at radius 3 is 2.27 bits per heavy atom. The summed E-state index contributed by atoms with van der Waals surface area (Å²) in [5.74, 6) is -3.47. The molecule has 2 amide bonds. The van der Waals surface area contributed by atoms with Gasteiger partial charge >= 0.3 is 0 Å². The molecule has 0 saturated heterocycles. The van der Waals surface area contributed by atoms with Crippen molar-refractivity contribution in [3.05, 3.63) is 99.7 Å². The van der Waals surface area contributed by atoms with E-state index in [2.05, 4.69) is 21.2 Å². The van der Waals surface area contributed by atoms with Crippen LogP contribution >= 0.6 is 15.9 Å². The highest BCUT2D eigenvalue weighted by Gasteiger charge is 2.40. The van der Waals surface area contributed by atoms with Crippen molar-refractivity contribution in [1.82, 2.24) is 0 Å². The molecular weight excluding hydrogens is 454 g/mol. The SMILES string of the molecule is Cc1ccc(C2=C(Nc3cccc(Br)c3)C(=O)N(c3ccc(F)c(F)c3)C2=O)cc1. The van der Waals surface area contributed by atoms with E-state index < -0.39 is 23.4 Å². The van der Waals surface area contributed by atoms with E-state index in [0.29, 0.717) is 11.3 Å². The highest BCUT2D eigenvalue weighted by molar-refractivity contribution is 9.10. The van der Waals surface area contributed by atoms with Crippen LogP contribution < -0.4 is 10.2 Å². The third-order valence-electron chi connectivity index (χ3n) is 4.68. The molecule has 4 rings (SSSR count). The molecule has 3 aromatic rings. The minimum absolute atomic E-state index is 0.0421. The Labute approximate surface area is 180 Å². The van der Waals surface area contributed by atoms with Gasteiger partial charge in [0, 0.05) is 16.2 Å².